The average molecular weight is 284 g/mol. The summed E-state index contributed by atoms with van der Waals surface area (Å²) in [5.41, 5.74) is 4.37. The first kappa shape index (κ1) is 15.1. The third-order valence-corrected chi connectivity index (χ3v) is 3.74. The fraction of sp³-hybridized carbons (Fsp3) is 0.278. The largest absolute Gasteiger partial charge is 0.496 e. The maximum atomic E-state index is 12.9. The Labute approximate surface area is 125 Å². The summed E-state index contributed by atoms with van der Waals surface area (Å²) < 4.78 is 10.6. The van der Waals surface area contributed by atoms with Gasteiger partial charge in [-0.05, 0) is 55.7 Å². The Morgan fingerprint density at radius 2 is 1.38 bits per heavy atom. The van der Waals surface area contributed by atoms with Crippen molar-refractivity contribution in [3.63, 3.8) is 0 Å². The molecule has 0 heterocycles. The van der Waals surface area contributed by atoms with E-state index in [1.807, 2.05) is 39.0 Å². The first-order valence-electron chi connectivity index (χ1n) is 6.83. The summed E-state index contributed by atoms with van der Waals surface area (Å²) in [6, 6.07) is 9.31. The van der Waals surface area contributed by atoms with Crippen molar-refractivity contribution < 1.29 is 14.3 Å². The summed E-state index contributed by atoms with van der Waals surface area (Å²) in [6.45, 7) is 5.99. The molecule has 0 aromatic heterocycles. The van der Waals surface area contributed by atoms with E-state index in [2.05, 4.69) is 0 Å². The van der Waals surface area contributed by atoms with E-state index in [1.165, 1.54) is 5.56 Å². The van der Waals surface area contributed by atoms with E-state index < -0.39 is 0 Å². The van der Waals surface area contributed by atoms with Crippen molar-refractivity contribution in [1.82, 2.24) is 0 Å². The minimum absolute atomic E-state index is 0.0788. The van der Waals surface area contributed by atoms with Crippen LogP contribution in [-0.2, 0) is 0 Å². The van der Waals surface area contributed by atoms with Crippen LogP contribution in [0.1, 0.15) is 32.6 Å². The van der Waals surface area contributed by atoms with Gasteiger partial charge in [0.25, 0.3) is 0 Å². The Morgan fingerprint density at radius 1 is 0.857 bits per heavy atom. The van der Waals surface area contributed by atoms with Gasteiger partial charge >= 0.3 is 0 Å². The summed E-state index contributed by atoms with van der Waals surface area (Å²) in [7, 11) is 3.11. The fourth-order valence-electron chi connectivity index (χ4n) is 2.41. The molecule has 0 aliphatic heterocycles. The van der Waals surface area contributed by atoms with Gasteiger partial charge in [0.15, 0.2) is 0 Å². The van der Waals surface area contributed by atoms with Gasteiger partial charge in [0.1, 0.15) is 17.1 Å². The topological polar surface area (TPSA) is 35.5 Å². The molecule has 0 bridgehead atoms. The molecule has 0 radical (unpaired) electrons. The zero-order chi connectivity index (χ0) is 15.6. The normalized spacial score (nSPS) is 10.3. The molecule has 0 fully saturated rings. The minimum Gasteiger partial charge on any atom is -0.496 e. The first-order chi connectivity index (χ1) is 9.99. The highest BCUT2D eigenvalue weighted by atomic mass is 16.5. The molecule has 0 saturated heterocycles. The Hall–Kier alpha value is -2.29. The van der Waals surface area contributed by atoms with E-state index in [9.17, 15) is 4.79 Å². The van der Waals surface area contributed by atoms with Gasteiger partial charge in [0.2, 0.25) is 5.78 Å². The van der Waals surface area contributed by atoms with E-state index in [-0.39, 0.29) is 5.78 Å². The molecule has 0 spiro atoms. The highest BCUT2D eigenvalue weighted by Crippen LogP contribution is 2.31. The van der Waals surface area contributed by atoms with Crippen LogP contribution in [0.5, 0.6) is 11.5 Å². The van der Waals surface area contributed by atoms with Crippen molar-refractivity contribution >= 4 is 5.78 Å². The maximum absolute atomic E-state index is 12.9. The van der Waals surface area contributed by atoms with Gasteiger partial charge in [-0.3, -0.25) is 4.79 Å². The van der Waals surface area contributed by atoms with E-state index in [1.54, 1.807) is 26.4 Å². The maximum Gasteiger partial charge on any atom is 0.200 e. The van der Waals surface area contributed by atoms with Crippen LogP contribution in [-0.4, -0.2) is 20.0 Å². The SMILES string of the molecule is COc1cccc(OC)c1C(=O)c1cc(C)c(C)cc1C. The number of aryl methyl sites for hydroxylation is 3. The van der Waals surface area contributed by atoms with Crippen LogP contribution >= 0.6 is 0 Å². The predicted octanol–water partition coefficient (Wildman–Crippen LogP) is 3.86. The molecule has 3 nitrogen and oxygen atoms in total. The predicted molar refractivity (Wildman–Crippen MR) is 83.6 cm³/mol. The molecule has 110 valence electrons. The van der Waals surface area contributed by atoms with Gasteiger partial charge in [-0.15, -0.1) is 0 Å². The van der Waals surface area contributed by atoms with Gasteiger partial charge in [0, 0.05) is 5.56 Å². The molecule has 2 aromatic rings. The third-order valence-electron chi connectivity index (χ3n) is 3.74. The van der Waals surface area contributed by atoms with E-state index >= 15 is 0 Å². The molecular formula is C18H20O3. The lowest BCUT2D eigenvalue weighted by Gasteiger charge is -2.14. The van der Waals surface area contributed by atoms with Crippen LogP contribution in [0.2, 0.25) is 0 Å². The Bertz CT molecular complexity index is 665. The Balaban J connectivity index is 2.63. The van der Waals surface area contributed by atoms with Crippen LogP contribution in [0.4, 0.5) is 0 Å². The molecule has 0 atom stereocenters. The molecule has 0 saturated carbocycles. The fourth-order valence-corrected chi connectivity index (χ4v) is 2.41. The van der Waals surface area contributed by atoms with Crippen LogP contribution < -0.4 is 9.47 Å². The monoisotopic (exact) mass is 284 g/mol. The molecule has 0 N–H and O–H groups in total. The van der Waals surface area contributed by atoms with E-state index in [4.69, 9.17) is 9.47 Å². The van der Waals surface area contributed by atoms with Gasteiger partial charge < -0.3 is 9.47 Å². The number of benzene rings is 2. The average Bonchev–Trinajstić information content (AvgIpc) is 2.49. The number of carbonyl (C=O) groups is 1. The molecule has 0 aliphatic rings. The number of ether oxygens (including phenoxy) is 2. The van der Waals surface area contributed by atoms with Gasteiger partial charge in [0.05, 0.1) is 14.2 Å². The van der Waals surface area contributed by atoms with Crippen molar-refractivity contribution in [2.75, 3.05) is 14.2 Å². The van der Waals surface area contributed by atoms with Crippen molar-refractivity contribution in [1.29, 1.82) is 0 Å². The molecule has 2 rings (SSSR count). The number of carbonyl (C=O) groups excluding carboxylic acids is 1. The number of rotatable bonds is 4. The van der Waals surface area contributed by atoms with Crippen molar-refractivity contribution in [2.24, 2.45) is 0 Å². The van der Waals surface area contributed by atoms with Crippen molar-refractivity contribution in [2.45, 2.75) is 20.8 Å². The third kappa shape index (κ3) is 2.77. The second kappa shape index (κ2) is 6.00. The van der Waals surface area contributed by atoms with Gasteiger partial charge in [-0.25, -0.2) is 0 Å². The van der Waals surface area contributed by atoms with Crippen molar-refractivity contribution in [3.8, 4) is 11.5 Å². The van der Waals surface area contributed by atoms with Crippen LogP contribution in [0.3, 0.4) is 0 Å². The second-order valence-corrected chi connectivity index (χ2v) is 5.12. The summed E-state index contributed by atoms with van der Waals surface area (Å²) >= 11 is 0. The lowest BCUT2D eigenvalue weighted by molar-refractivity contribution is 0.103. The van der Waals surface area contributed by atoms with Gasteiger partial charge in [-0.2, -0.15) is 0 Å². The summed E-state index contributed by atoms with van der Waals surface area (Å²) in [6.07, 6.45) is 0. The first-order valence-corrected chi connectivity index (χ1v) is 6.83. The van der Waals surface area contributed by atoms with Gasteiger partial charge in [-0.1, -0.05) is 12.1 Å². The minimum atomic E-state index is -0.0788. The molecule has 0 aliphatic carbocycles. The van der Waals surface area contributed by atoms with Crippen LogP contribution in [0, 0.1) is 20.8 Å². The quantitative estimate of drug-likeness (QED) is 0.800. The molecule has 2 aromatic carbocycles. The number of hydrogen-bond donors (Lipinski definition) is 0. The number of hydrogen-bond acceptors (Lipinski definition) is 3. The highest BCUT2D eigenvalue weighted by Gasteiger charge is 2.21. The summed E-state index contributed by atoms with van der Waals surface area (Å²) in [4.78, 5) is 12.9. The number of ketones is 1. The highest BCUT2D eigenvalue weighted by molar-refractivity contribution is 6.13. The summed E-state index contributed by atoms with van der Waals surface area (Å²) in [5.74, 6) is 0.971. The van der Waals surface area contributed by atoms with E-state index in [0.29, 0.717) is 22.6 Å². The number of methoxy groups -OCH3 is 2. The lowest BCUT2D eigenvalue weighted by Crippen LogP contribution is -2.09. The molecule has 0 unspecified atom stereocenters. The summed E-state index contributed by atoms with van der Waals surface area (Å²) in [5, 5.41) is 0. The van der Waals surface area contributed by atoms with E-state index in [0.717, 1.165) is 11.1 Å². The molecule has 21 heavy (non-hydrogen) atoms. The van der Waals surface area contributed by atoms with Crippen molar-refractivity contribution in [3.05, 3.63) is 58.1 Å². The molecule has 3 heteroatoms. The standard InChI is InChI=1S/C18H20O3/c1-11-9-13(3)14(10-12(11)2)18(19)17-15(20-4)7-6-8-16(17)21-5/h6-10H,1-5H3. The second-order valence-electron chi connectivity index (χ2n) is 5.12. The zero-order valence-corrected chi connectivity index (χ0v) is 13.1. The lowest BCUT2D eigenvalue weighted by atomic mass is 9.94. The Morgan fingerprint density at radius 3 is 1.90 bits per heavy atom. The Kier molecular flexibility index (Phi) is 4.32. The van der Waals surface area contributed by atoms with Crippen LogP contribution in [0.25, 0.3) is 0 Å². The molecular weight excluding hydrogens is 264 g/mol. The van der Waals surface area contributed by atoms with Crippen LogP contribution in [0.15, 0.2) is 30.3 Å². The molecule has 0 amide bonds. The zero-order valence-electron chi connectivity index (χ0n) is 13.1. The smallest absolute Gasteiger partial charge is 0.200 e.